The average Bonchev–Trinajstić information content (AvgIpc) is 3.43. The standard InChI is InChI=1S/C24H29N7/c1-5-6-15-31-21(25-23(28-31)24(2,3)4)16-17-11-13-18(14-12-17)19-9-7-8-10-20(19)22-26-29-30-27-22/h7-14H,5-6,15-16H2,1-4H3,(H,26,27,29,30). The quantitative estimate of drug-likeness (QED) is 0.468. The third kappa shape index (κ3) is 4.71. The zero-order chi connectivity index (χ0) is 21.8. The second-order valence-electron chi connectivity index (χ2n) is 8.85. The highest BCUT2D eigenvalue weighted by atomic mass is 15.5. The van der Waals surface area contributed by atoms with Crippen LogP contribution in [0.3, 0.4) is 0 Å². The van der Waals surface area contributed by atoms with E-state index in [2.05, 4.69) is 83.3 Å². The lowest BCUT2D eigenvalue weighted by atomic mass is 9.96. The predicted octanol–water partition coefficient (Wildman–Crippen LogP) is 4.81. The Kier molecular flexibility index (Phi) is 5.93. The number of aryl methyl sites for hydroxylation is 1. The Morgan fingerprint density at radius 3 is 2.35 bits per heavy atom. The first-order chi connectivity index (χ1) is 15.0. The molecule has 4 aromatic rings. The lowest BCUT2D eigenvalue weighted by Crippen LogP contribution is -2.14. The second-order valence-corrected chi connectivity index (χ2v) is 8.85. The molecule has 0 saturated carbocycles. The molecule has 2 aromatic heterocycles. The van der Waals surface area contributed by atoms with Crippen molar-refractivity contribution in [3.63, 3.8) is 0 Å². The van der Waals surface area contributed by atoms with Gasteiger partial charge in [-0.3, -0.25) is 0 Å². The predicted molar refractivity (Wildman–Crippen MR) is 121 cm³/mol. The Morgan fingerprint density at radius 2 is 1.71 bits per heavy atom. The number of H-pyrrole nitrogens is 1. The van der Waals surface area contributed by atoms with Gasteiger partial charge in [-0.25, -0.2) is 14.8 Å². The van der Waals surface area contributed by atoms with E-state index in [-0.39, 0.29) is 5.41 Å². The maximum atomic E-state index is 4.88. The van der Waals surface area contributed by atoms with Gasteiger partial charge in [0.15, 0.2) is 11.6 Å². The molecule has 2 heterocycles. The highest BCUT2D eigenvalue weighted by molar-refractivity contribution is 5.80. The highest BCUT2D eigenvalue weighted by Gasteiger charge is 2.22. The minimum atomic E-state index is -0.0602. The molecule has 0 aliphatic heterocycles. The van der Waals surface area contributed by atoms with Crippen LogP contribution in [0.1, 0.15) is 57.7 Å². The number of benzene rings is 2. The van der Waals surface area contributed by atoms with E-state index in [9.17, 15) is 0 Å². The molecule has 160 valence electrons. The molecule has 0 spiro atoms. The molecule has 0 atom stereocenters. The summed E-state index contributed by atoms with van der Waals surface area (Å²) in [6.07, 6.45) is 3.01. The van der Waals surface area contributed by atoms with Gasteiger partial charge >= 0.3 is 0 Å². The van der Waals surface area contributed by atoms with Crippen molar-refractivity contribution < 1.29 is 0 Å². The second kappa shape index (κ2) is 8.79. The van der Waals surface area contributed by atoms with Crippen LogP contribution >= 0.6 is 0 Å². The van der Waals surface area contributed by atoms with Gasteiger partial charge in [-0.05, 0) is 33.5 Å². The number of aromatic nitrogens is 7. The minimum Gasteiger partial charge on any atom is -0.249 e. The molecule has 2 aromatic carbocycles. The van der Waals surface area contributed by atoms with Crippen LogP contribution in [-0.4, -0.2) is 35.4 Å². The molecule has 1 N–H and O–H groups in total. The van der Waals surface area contributed by atoms with Crippen LogP contribution in [-0.2, 0) is 18.4 Å². The lowest BCUT2D eigenvalue weighted by molar-refractivity contribution is 0.509. The molecule has 0 unspecified atom stereocenters. The third-order valence-corrected chi connectivity index (χ3v) is 5.30. The van der Waals surface area contributed by atoms with Gasteiger partial charge in [0.25, 0.3) is 0 Å². The number of tetrazole rings is 1. The molecular weight excluding hydrogens is 386 g/mol. The van der Waals surface area contributed by atoms with Crippen molar-refractivity contribution in [2.45, 2.75) is 58.9 Å². The molecule has 0 bridgehead atoms. The van der Waals surface area contributed by atoms with Gasteiger partial charge in [-0.2, -0.15) is 5.10 Å². The highest BCUT2D eigenvalue weighted by Crippen LogP contribution is 2.30. The van der Waals surface area contributed by atoms with Gasteiger partial charge in [0.2, 0.25) is 0 Å². The van der Waals surface area contributed by atoms with Crippen molar-refractivity contribution in [3.05, 3.63) is 65.7 Å². The Balaban J connectivity index is 1.60. The first-order valence-corrected chi connectivity index (χ1v) is 10.8. The largest absolute Gasteiger partial charge is 0.249 e. The van der Waals surface area contributed by atoms with Crippen LogP contribution in [0.2, 0.25) is 0 Å². The molecule has 0 fully saturated rings. The van der Waals surface area contributed by atoms with Gasteiger partial charge in [-0.1, -0.05) is 82.6 Å². The summed E-state index contributed by atoms with van der Waals surface area (Å²) >= 11 is 0. The summed E-state index contributed by atoms with van der Waals surface area (Å²) in [6, 6.07) is 16.8. The van der Waals surface area contributed by atoms with E-state index in [4.69, 9.17) is 10.1 Å². The molecule has 0 radical (unpaired) electrons. The third-order valence-electron chi connectivity index (χ3n) is 5.30. The molecule has 31 heavy (non-hydrogen) atoms. The number of aromatic amines is 1. The molecule has 0 aliphatic carbocycles. The van der Waals surface area contributed by atoms with E-state index < -0.39 is 0 Å². The van der Waals surface area contributed by atoms with Gasteiger partial charge in [0.1, 0.15) is 5.82 Å². The zero-order valence-electron chi connectivity index (χ0n) is 18.6. The molecule has 0 amide bonds. The van der Waals surface area contributed by atoms with Crippen LogP contribution < -0.4 is 0 Å². The average molecular weight is 416 g/mol. The van der Waals surface area contributed by atoms with Crippen molar-refractivity contribution in [2.24, 2.45) is 0 Å². The van der Waals surface area contributed by atoms with E-state index in [1.165, 1.54) is 5.56 Å². The number of hydrogen-bond donors (Lipinski definition) is 1. The topological polar surface area (TPSA) is 85.2 Å². The SMILES string of the molecule is CCCCn1nc(C(C)(C)C)nc1Cc1ccc(-c2ccccc2-c2nnn[nH]2)cc1. The number of hydrogen-bond acceptors (Lipinski definition) is 5. The smallest absolute Gasteiger partial charge is 0.180 e. The van der Waals surface area contributed by atoms with Crippen LogP contribution in [0.15, 0.2) is 48.5 Å². The van der Waals surface area contributed by atoms with E-state index in [0.717, 1.165) is 54.1 Å². The normalized spacial score (nSPS) is 11.7. The van der Waals surface area contributed by atoms with Gasteiger partial charge in [-0.15, -0.1) is 5.10 Å². The van der Waals surface area contributed by atoms with E-state index >= 15 is 0 Å². The maximum absolute atomic E-state index is 4.88. The van der Waals surface area contributed by atoms with Crippen molar-refractivity contribution in [1.82, 2.24) is 35.4 Å². The fourth-order valence-electron chi connectivity index (χ4n) is 3.51. The summed E-state index contributed by atoms with van der Waals surface area (Å²) in [5, 5.41) is 19.1. The molecule has 7 nitrogen and oxygen atoms in total. The molecule has 4 rings (SSSR count). The van der Waals surface area contributed by atoms with Crippen molar-refractivity contribution in [2.75, 3.05) is 0 Å². The molecular formula is C24H29N7. The van der Waals surface area contributed by atoms with Gasteiger partial charge < -0.3 is 0 Å². The minimum absolute atomic E-state index is 0.0602. The summed E-state index contributed by atoms with van der Waals surface area (Å²) in [6.45, 7) is 9.59. The molecule has 7 heteroatoms. The number of unbranched alkanes of at least 4 members (excludes halogenated alkanes) is 1. The Morgan fingerprint density at radius 1 is 0.968 bits per heavy atom. The maximum Gasteiger partial charge on any atom is 0.180 e. The number of rotatable bonds is 7. The molecule has 0 saturated heterocycles. The van der Waals surface area contributed by atoms with E-state index in [1.54, 1.807) is 0 Å². The Labute approximate surface area is 182 Å². The van der Waals surface area contributed by atoms with Crippen LogP contribution in [0.25, 0.3) is 22.5 Å². The Bertz CT molecular complexity index is 1120. The van der Waals surface area contributed by atoms with Crippen LogP contribution in [0, 0.1) is 0 Å². The van der Waals surface area contributed by atoms with Crippen molar-refractivity contribution >= 4 is 0 Å². The zero-order valence-corrected chi connectivity index (χ0v) is 18.6. The summed E-state index contributed by atoms with van der Waals surface area (Å²) < 4.78 is 2.09. The van der Waals surface area contributed by atoms with Crippen molar-refractivity contribution in [1.29, 1.82) is 0 Å². The lowest BCUT2D eigenvalue weighted by Gasteiger charge is -2.12. The van der Waals surface area contributed by atoms with E-state index in [1.807, 2.05) is 18.2 Å². The fourth-order valence-corrected chi connectivity index (χ4v) is 3.51. The number of nitrogens with zero attached hydrogens (tertiary/aromatic N) is 6. The first-order valence-electron chi connectivity index (χ1n) is 10.8. The monoisotopic (exact) mass is 415 g/mol. The summed E-state index contributed by atoms with van der Waals surface area (Å²) in [5.74, 6) is 2.60. The van der Waals surface area contributed by atoms with Crippen LogP contribution in [0.4, 0.5) is 0 Å². The van der Waals surface area contributed by atoms with E-state index in [0.29, 0.717) is 5.82 Å². The number of nitrogens with one attached hydrogen (secondary N) is 1. The summed E-state index contributed by atoms with van der Waals surface area (Å²) in [7, 11) is 0. The van der Waals surface area contributed by atoms with Crippen LogP contribution in [0.5, 0.6) is 0 Å². The first kappa shape index (κ1) is 20.9. The summed E-state index contributed by atoms with van der Waals surface area (Å²) in [5.41, 5.74) is 4.35. The van der Waals surface area contributed by atoms with Gasteiger partial charge in [0, 0.05) is 23.9 Å². The fraction of sp³-hybridized carbons (Fsp3) is 0.375. The van der Waals surface area contributed by atoms with Gasteiger partial charge in [0.05, 0.1) is 0 Å². The Hall–Kier alpha value is -3.35. The molecule has 0 aliphatic rings. The summed E-state index contributed by atoms with van der Waals surface area (Å²) in [4.78, 5) is 4.88. The van der Waals surface area contributed by atoms with Crippen molar-refractivity contribution in [3.8, 4) is 22.5 Å².